The van der Waals surface area contributed by atoms with Gasteiger partial charge >= 0.3 is 5.97 Å². The number of anilines is 4. The lowest BCUT2D eigenvalue weighted by Gasteiger charge is -2.12. The third-order valence-corrected chi connectivity index (χ3v) is 4.07. The number of hydrogen-bond donors (Lipinski definition) is 2. The van der Waals surface area contributed by atoms with Gasteiger partial charge in [-0.1, -0.05) is 0 Å². The number of methoxy groups -OCH3 is 3. The minimum atomic E-state index is -0.384. The van der Waals surface area contributed by atoms with Crippen molar-refractivity contribution in [2.75, 3.05) is 32.0 Å². The fourth-order valence-electron chi connectivity index (χ4n) is 2.69. The molecule has 0 unspecified atom stereocenters. The van der Waals surface area contributed by atoms with Crippen LogP contribution < -0.4 is 20.1 Å². The lowest BCUT2D eigenvalue weighted by Crippen LogP contribution is -2.04. The first-order chi connectivity index (χ1) is 14.0. The van der Waals surface area contributed by atoms with Gasteiger partial charge in [0.1, 0.15) is 5.82 Å². The van der Waals surface area contributed by atoms with E-state index in [0.29, 0.717) is 28.8 Å². The second-order valence-electron chi connectivity index (χ2n) is 6.11. The standard InChI is InChI=1S/C21H22N4O4/c1-13-11-19(23-16-9-10-17(27-2)18(12-16)28-3)25-21(22-13)24-15-7-5-14(6-8-15)20(26)29-4/h5-12H,1-4H3,(H2,22,23,24,25). The van der Waals surface area contributed by atoms with E-state index in [-0.39, 0.29) is 5.97 Å². The van der Waals surface area contributed by atoms with Crippen LogP contribution in [0, 0.1) is 6.92 Å². The van der Waals surface area contributed by atoms with E-state index in [9.17, 15) is 4.79 Å². The van der Waals surface area contributed by atoms with Crippen molar-refractivity contribution in [1.82, 2.24) is 9.97 Å². The molecule has 0 aliphatic carbocycles. The van der Waals surface area contributed by atoms with Crippen LogP contribution in [0.5, 0.6) is 11.5 Å². The fraction of sp³-hybridized carbons (Fsp3) is 0.190. The number of nitrogens with zero attached hydrogens (tertiary/aromatic N) is 2. The highest BCUT2D eigenvalue weighted by Gasteiger charge is 2.08. The van der Waals surface area contributed by atoms with Crippen LogP contribution in [0.2, 0.25) is 0 Å². The molecule has 2 N–H and O–H groups in total. The molecule has 0 aliphatic rings. The Kier molecular flexibility index (Phi) is 6.13. The summed E-state index contributed by atoms with van der Waals surface area (Å²) < 4.78 is 15.3. The molecule has 3 aromatic rings. The van der Waals surface area contributed by atoms with E-state index in [0.717, 1.165) is 17.1 Å². The fourth-order valence-corrected chi connectivity index (χ4v) is 2.69. The Bertz CT molecular complexity index is 1010. The van der Waals surface area contributed by atoms with Gasteiger partial charge in [0.05, 0.1) is 26.9 Å². The van der Waals surface area contributed by atoms with E-state index >= 15 is 0 Å². The van der Waals surface area contributed by atoms with Crippen molar-refractivity contribution in [2.45, 2.75) is 6.92 Å². The number of carbonyl (C=O) groups is 1. The molecule has 0 atom stereocenters. The minimum absolute atomic E-state index is 0.384. The lowest BCUT2D eigenvalue weighted by molar-refractivity contribution is 0.0601. The highest BCUT2D eigenvalue weighted by Crippen LogP contribution is 2.31. The molecule has 0 saturated carbocycles. The maximum atomic E-state index is 11.5. The van der Waals surface area contributed by atoms with E-state index in [4.69, 9.17) is 14.2 Å². The predicted molar refractivity (Wildman–Crippen MR) is 111 cm³/mol. The van der Waals surface area contributed by atoms with Crippen molar-refractivity contribution < 1.29 is 19.0 Å². The number of aryl methyl sites for hydroxylation is 1. The number of esters is 1. The van der Waals surface area contributed by atoms with E-state index in [1.54, 1.807) is 38.5 Å². The number of hydrogen-bond acceptors (Lipinski definition) is 8. The first-order valence-corrected chi connectivity index (χ1v) is 8.82. The van der Waals surface area contributed by atoms with Gasteiger partial charge in [0.25, 0.3) is 0 Å². The van der Waals surface area contributed by atoms with Crippen LogP contribution in [0.1, 0.15) is 16.1 Å². The zero-order valence-corrected chi connectivity index (χ0v) is 16.6. The van der Waals surface area contributed by atoms with Crippen LogP contribution in [0.15, 0.2) is 48.5 Å². The topological polar surface area (TPSA) is 94.6 Å². The summed E-state index contributed by atoms with van der Waals surface area (Å²) in [5.41, 5.74) is 2.81. The Morgan fingerprint density at radius 3 is 2.17 bits per heavy atom. The van der Waals surface area contributed by atoms with E-state index < -0.39 is 0 Å². The monoisotopic (exact) mass is 394 g/mol. The van der Waals surface area contributed by atoms with Gasteiger partial charge in [-0.25, -0.2) is 9.78 Å². The summed E-state index contributed by atoms with van der Waals surface area (Å²) in [4.78, 5) is 20.4. The van der Waals surface area contributed by atoms with E-state index in [2.05, 4.69) is 20.6 Å². The van der Waals surface area contributed by atoms with E-state index in [1.165, 1.54) is 7.11 Å². The molecule has 29 heavy (non-hydrogen) atoms. The zero-order valence-electron chi connectivity index (χ0n) is 16.6. The van der Waals surface area contributed by atoms with Crippen molar-refractivity contribution in [3.63, 3.8) is 0 Å². The SMILES string of the molecule is COC(=O)c1ccc(Nc2nc(C)cc(Nc3ccc(OC)c(OC)c3)n2)cc1. The number of benzene rings is 2. The van der Waals surface area contributed by atoms with Gasteiger partial charge in [-0.05, 0) is 43.3 Å². The molecule has 0 saturated heterocycles. The number of aromatic nitrogens is 2. The molecule has 0 amide bonds. The predicted octanol–water partition coefficient (Wildman–Crippen LogP) is 4.08. The van der Waals surface area contributed by atoms with Crippen LogP contribution in [-0.2, 0) is 4.74 Å². The minimum Gasteiger partial charge on any atom is -0.493 e. The molecular weight excluding hydrogens is 372 g/mol. The van der Waals surface area contributed by atoms with Crippen LogP contribution >= 0.6 is 0 Å². The summed E-state index contributed by atoms with van der Waals surface area (Å²) in [7, 11) is 4.53. The zero-order chi connectivity index (χ0) is 20.8. The first kappa shape index (κ1) is 19.9. The molecule has 0 fully saturated rings. The van der Waals surface area contributed by atoms with Crippen molar-refractivity contribution in [1.29, 1.82) is 0 Å². The molecule has 0 radical (unpaired) electrons. The average molecular weight is 394 g/mol. The number of nitrogens with one attached hydrogen (secondary N) is 2. The molecule has 8 nitrogen and oxygen atoms in total. The van der Waals surface area contributed by atoms with Gasteiger partial charge in [0.2, 0.25) is 5.95 Å². The van der Waals surface area contributed by atoms with Gasteiger partial charge in [-0.15, -0.1) is 0 Å². The van der Waals surface area contributed by atoms with Gasteiger partial charge < -0.3 is 24.8 Å². The highest BCUT2D eigenvalue weighted by atomic mass is 16.5. The summed E-state index contributed by atoms with van der Waals surface area (Å²) in [6, 6.07) is 14.2. The van der Waals surface area contributed by atoms with Crippen molar-refractivity contribution in [3.8, 4) is 11.5 Å². The number of rotatable bonds is 7. The normalized spacial score (nSPS) is 10.2. The van der Waals surface area contributed by atoms with Crippen LogP contribution in [-0.4, -0.2) is 37.3 Å². The van der Waals surface area contributed by atoms with Crippen molar-refractivity contribution >= 4 is 29.1 Å². The summed E-state index contributed by atoms with van der Waals surface area (Å²) in [6.45, 7) is 1.88. The average Bonchev–Trinajstić information content (AvgIpc) is 2.73. The molecule has 150 valence electrons. The van der Waals surface area contributed by atoms with Gasteiger partial charge in [0.15, 0.2) is 11.5 Å². The molecule has 8 heteroatoms. The quantitative estimate of drug-likeness (QED) is 0.579. The van der Waals surface area contributed by atoms with Crippen molar-refractivity contribution in [3.05, 3.63) is 59.8 Å². The summed E-state index contributed by atoms with van der Waals surface area (Å²) in [5.74, 6) is 1.93. The summed E-state index contributed by atoms with van der Waals surface area (Å²) in [6.07, 6.45) is 0. The molecule has 0 bridgehead atoms. The lowest BCUT2D eigenvalue weighted by atomic mass is 10.2. The molecule has 3 rings (SSSR count). The second kappa shape index (κ2) is 8.92. The molecule has 0 aliphatic heterocycles. The molecule has 2 aromatic carbocycles. The third kappa shape index (κ3) is 4.92. The molecule has 1 heterocycles. The first-order valence-electron chi connectivity index (χ1n) is 8.82. The summed E-state index contributed by atoms with van der Waals surface area (Å²) >= 11 is 0. The smallest absolute Gasteiger partial charge is 0.337 e. The Morgan fingerprint density at radius 2 is 1.52 bits per heavy atom. The van der Waals surface area contributed by atoms with Gasteiger partial charge in [0, 0.05) is 29.2 Å². The van der Waals surface area contributed by atoms with Crippen LogP contribution in [0.3, 0.4) is 0 Å². The maximum absolute atomic E-state index is 11.5. The Labute approximate surface area is 168 Å². The maximum Gasteiger partial charge on any atom is 0.337 e. The highest BCUT2D eigenvalue weighted by molar-refractivity contribution is 5.89. The second-order valence-corrected chi connectivity index (χ2v) is 6.11. The Morgan fingerprint density at radius 1 is 0.828 bits per heavy atom. The Hall–Kier alpha value is -3.81. The molecular formula is C21H22N4O4. The number of ether oxygens (including phenoxy) is 3. The van der Waals surface area contributed by atoms with Gasteiger partial charge in [-0.3, -0.25) is 0 Å². The van der Waals surface area contributed by atoms with Crippen molar-refractivity contribution in [2.24, 2.45) is 0 Å². The van der Waals surface area contributed by atoms with Crippen LogP contribution in [0.4, 0.5) is 23.1 Å². The summed E-state index contributed by atoms with van der Waals surface area (Å²) in [5, 5.41) is 6.38. The van der Waals surface area contributed by atoms with Crippen LogP contribution in [0.25, 0.3) is 0 Å². The molecule has 1 aromatic heterocycles. The van der Waals surface area contributed by atoms with E-state index in [1.807, 2.05) is 31.2 Å². The molecule has 0 spiro atoms. The number of carbonyl (C=O) groups excluding carboxylic acids is 1. The largest absolute Gasteiger partial charge is 0.493 e. The van der Waals surface area contributed by atoms with Gasteiger partial charge in [-0.2, -0.15) is 4.98 Å². The Balaban J connectivity index is 1.78. The third-order valence-electron chi connectivity index (χ3n) is 4.07.